The molecule has 2 N–H and O–H groups in total. The van der Waals surface area contributed by atoms with Crippen LogP contribution in [-0.2, 0) is 14.8 Å². The predicted molar refractivity (Wildman–Crippen MR) is 87.5 cm³/mol. The molecule has 0 aliphatic carbocycles. The maximum Gasteiger partial charge on any atom is 0.261 e. The van der Waals surface area contributed by atoms with Crippen molar-refractivity contribution in [3.05, 3.63) is 53.6 Å². The van der Waals surface area contributed by atoms with Crippen LogP contribution in [0.2, 0.25) is 0 Å². The fourth-order valence-corrected chi connectivity index (χ4v) is 3.29. The molecule has 116 valence electrons. The van der Waals surface area contributed by atoms with E-state index in [1.54, 1.807) is 12.1 Å². The first-order valence-electron chi connectivity index (χ1n) is 6.76. The molecule has 5 nitrogen and oxygen atoms in total. The van der Waals surface area contributed by atoms with Crippen molar-refractivity contribution < 1.29 is 13.2 Å². The molecule has 2 aromatic rings. The van der Waals surface area contributed by atoms with Gasteiger partial charge in [0.1, 0.15) is 0 Å². The Labute approximate surface area is 130 Å². The summed E-state index contributed by atoms with van der Waals surface area (Å²) in [5.74, 6) is -0.204. The summed E-state index contributed by atoms with van der Waals surface area (Å²) in [4.78, 5) is 11.1. The third kappa shape index (κ3) is 3.65. The molecular weight excluding hydrogens is 300 g/mol. The van der Waals surface area contributed by atoms with E-state index in [4.69, 9.17) is 0 Å². The quantitative estimate of drug-likeness (QED) is 0.909. The summed E-state index contributed by atoms with van der Waals surface area (Å²) in [5.41, 5.74) is 2.86. The van der Waals surface area contributed by atoms with Crippen LogP contribution in [0.3, 0.4) is 0 Å². The van der Waals surface area contributed by atoms with Crippen LogP contribution in [0.15, 0.2) is 47.4 Å². The van der Waals surface area contributed by atoms with Crippen molar-refractivity contribution >= 4 is 27.3 Å². The third-order valence-corrected chi connectivity index (χ3v) is 4.57. The number of carbonyl (C=O) groups excluding carboxylic acids is 1. The summed E-state index contributed by atoms with van der Waals surface area (Å²) >= 11 is 0. The van der Waals surface area contributed by atoms with E-state index in [9.17, 15) is 13.2 Å². The molecule has 0 aliphatic rings. The van der Waals surface area contributed by atoms with Crippen molar-refractivity contribution in [2.75, 3.05) is 10.0 Å². The van der Waals surface area contributed by atoms with E-state index in [1.807, 2.05) is 32.0 Å². The van der Waals surface area contributed by atoms with Crippen LogP contribution in [0.25, 0.3) is 0 Å². The number of hydrogen-bond donors (Lipinski definition) is 2. The minimum atomic E-state index is -3.67. The van der Waals surface area contributed by atoms with Gasteiger partial charge in [0, 0.05) is 12.6 Å². The molecule has 0 saturated carbocycles. The Hall–Kier alpha value is -2.34. The van der Waals surface area contributed by atoms with Crippen LogP contribution in [-0.4, -0.2) is 14.3 Å². The van der Waals surface area contributed by atoms with Crippen molar-refractivity contribution in [1.82, 2.24) is 0 Å². The molecule has 0 radical (unpaired) electrons. The minimum Gasteiger partial charge on any atom is -0.326 e. The molecule has 0 aromatic heterocycles. The number of sulfonamides is 1. The number of benzene rings is 2. The molecule has 2 rings (SSSR count). The van der Waals surface area contributed by atoms with E-state index in [1.165, 1.54) is 19.1 Å². The molecule has 1 amide bonds. The maximum absolute atomic E-state index is 12.4. The van der Waals surface area contributed by atoms with Crippen molar-refractivity contribution in [2.45, 2.75) is 25.7 Å². The predicted octanol–water partition coefficient (Wildman–Crippen LogP) is 3.06. The highest BCUT2D eigenvalue weighted by atomic mass is 32.2. The smallest absolute Gasteiger partial charge is 0.261 e. The number of anilines is 2. The van der Waals surface area contributed by atoms with E-state index in [2.05, 4.69) is 10.0 Å². The number of aryl methyl sites for hydroxylation is 2. The maximum atomic E-state index is 12.4. The highest BCUT2D eigenvalue weighted by Gasteiger charge is 2.16. The Morgan fingerprint density at radius 3 is 2.00 bits per heavy atom. The highest BCUT2D eigenvalue weighted by molar-refractivity contribution is 7.92. The van der Waals surface area contributed by atoms with Crippen LogP contribution >= 0.6 is 0 Å². The van der Waals surface area contributed by atoms with E-state index in [-0.39, 0.29) is 10.8 Å². The molecule has 6 heteroatoms. The van der Waals surface area contributed by atoms with Crippen molar-refractivity contribution in [3.63, 3.8) is 0 Å². The Kier molecular flexibility index (Phi) is 4.51. The van der Waals surface area contributed by atoms with Crippen LogP contribution in [0.4, 0.5) is 11.4 Å². The molecule has 0 spiro atoms. The monoisotopic (exact) mass is 318 g/mol. The topological polar surface area (TPSA) is 75.3 Å². The summed E-state index contributed by atoms with van der Waals surface area (Å²) in [7, 11) is -3.67. The first kappa shape index (κ1) is 16.0. The Bertz CT molecular complexity index is 776. The van der Waals surface area contributed by atoms with Gasteiger partial charge in [0.05, 0.1) is 10.6 Å². The third-order valence-electron chi connectivity index (χ3n) is 3.20. The Morgan fingerprint density at radius 1 is 0.955 bits per heavy atom. The molecule has 0 aliphatic heterocycles. The average Bonchev–Trinajstić information content (AvgIpc) is 2.43. The Balaban J connectivity index is 2.29. The zero-order valence-electron chi connectivity index (χ0n) is 12.7. The van der Waals surface area contributed by atoms with Crippen molar-refractivity contribution in [1.29, 1.82) is 0 Å². The fraction of sp³-hybridized carbons (Fsp3) is 0.188. The number of para-hydroxylation sites is 1. The minimum absolute atomic E-state index is 0.143. The first-order chi connectivity index (χ1) is 10.3. The largest absolute Gasteiger partial charge is 0.326 e. The molecular formula is C16H18N2O3S. The van der Waals surface area contributed by atoms with E-state index in [0.717, 1.165) is 11.1 Å². The van der Waals surface area contributed by atoms with Gasteiger partial charge in [-0.2, -0.15) is 0 Å². The van der Waals surface area contributed by atoms with Crippen molar-refractivity contribution in [2.24, 2.45) is 0 Å². The van der Waals surface area contributed by atoms with Gasteiger partial charge in [0.2, 0.25) is 5.91 Å². The van der Waals surface area contributed by atoms with Gasteiger partial charge >= 0.3 is 0 Å². The standard InChI is InChI=1S/C16H18N2O3S/c1-11-5-4-6-12(2)16(11)18-22(20,21)15-9-7-14(8-10-15)17-13(3)19/h4-10,18H,1-3H3,(H,17,19). The second-order valence-electron chi connectivity index (χ2n) is 5.08. The zero-order valence-corrected chi connectivity index (χ0v) is 13.5. The molecule has 0 unspecified atom stereocenters. The van der Waals surface area contributed by atoms with Crippen molar-refractivity contribution in [3.8, 4) is 0 Å². The van der Waals surface area contributed by atoms with Crippen LogP contribution in [0.1, 0.15) is 18.1 Å². The molecule has 0 heterocycles. The van der Waals surface area contributed by atoms with Gasteiger partial charge in [-0.1, -0.05) is 18.2 Å². The SMILES string of the molecule is CC(=O)Nc1ccc(S(=O)(=O)Nc2c(C)cccc2C)cc1. The van der Waals surface area contributed by atoms with Gasteiger partial charge in [0.25, 0.3) is 10.0 Å². The lowest BCUT2D eigenvalue weighted by Crippen LogP contribution is -2.15. The zero-order chi connectivity index (χ0) is 16.3. The van der Waals surface area contributed by atoms with Gasteiger partial charge in [0.15, 0.2) is 0 Å². The van der Waals surface area contributed by atoms with Gasteiger partial charge in [-0.3, -0.25) is 9.52 Å². The average molecular weight is 318 g/mol. The second-order valence-corrected chi connectivity index (χ2v) is 6.76. The highest BCUT2D eigenvalue weighted by Crippen LogP contribution is 2.24. The fourth-order valence-electron chi connectivity index (χ4n) is 2.09. The van der Waals surface area contributed by atoms with Crippen LogP contribution in [0.5, 0.6) is 0 Å². The van der Waals surface area contributed by atoms with E-state index in [0.29, 0.717) is 11.4 Å². The number of nitrogens with one attached hydrogen (secondary N) is 2. The second kappa shape index (κ2) is 6.19. The lowest BCUT2D eigenvalue weighted by Gasteiger charge is -2.13. The van der Waals surface area contributed by atoms with Gasteiger partial charge < -0.3 is 5.32 Å². The number of rotatable bonds is 4. The first-order valence-corrected chi connectivity index (χ1v) is 8.24. The normalized spacial score (nSPS) is 11.0. The van der Waals surface area contributed by atoms with E-state index < -0.39 is 10.0 Å². The number of carbonyl (C=O) groups is 1. The summed E-state index contributed by atoms with van der Waals surface area (Å²) in [6, 6.07) is 11.6. The molecule has 0 saturated heterocycles. The van der Waals surface area contributed by atoms with Crippen LogP contribution in [0, 0.1) is 13.8 Å². The summed E-state index contributed by atoms with van der Waals surface area (Å²) in [5, 5.41) is 2.60. The van der Waals surface area contributed by atoms with Gasteiger partial charge in [-0.15, -0.1) is 0 Å². The summed E-state index contributed by atoms with van der Waals surface area (Å²) < 4.78 is 27.5. The number of amides is 1. The summed E-state index contributed by atoms with van der Waals surface area (Å²) in [6.07, 6.45) is 0. The summed E-state index contributed by atoms with van der Waals surface area (Å²) in [6.45, 7) is 5.10. The molecule has 2 aromatic carbocycles. The molecule has 0 bridgehead atoms. The van der Waals surface area contributed by atoms with Crippen LogP contribution < -0.4 is 10.0 Å². The Morgan fingerprint density at radius 2 is 1.50 bits per heavy atom. The van der Waals surface area contributed by atoms with E-state index >= 15 is 0 Å². The number of hydrogen-bond acceptors (Lipinski definition) is 3. The molecule has 0 fully saturated rings. The lowest BCUT2D eigenvalue weighted by molar-refractivity contribution is -0.114. The van der Waals surface area contributed by atoms with Gasteiger partial charge in [-0.05, 0) is 49.2 Å². The molecule has 0 atom stereocenters. The molecule has 22 heavy (non-hydrogen) atoms. The lowest BCUT2D eigenvalue weighted by atomic mass is 10.1. The van der Waals surface area contributed by atoms with Gasteiger partial charge in [-0.25, -0.2) is 8.42 Å².